The van der Waals surface area contributed by atoms with E-state index in [2.05, 4.69) is 14.8 Å². The second-order valence-electron chi connectivity index (χ2n) is 3.96. The lowest BCUT2D eigenvalue weighted by molar-refractivity contribution is -0.149. The van der Waals surface area contributed by atoms with Crippen molar-refractivity contribution in [2.45, 2.75) is 12.5 Å². The van der Waals surface area contributed by atoms with Crippen molar-refractivity contribution in [2.75, 3.05) is 0 Å². The lowest BCUT2D eigenvalue weighted by Gasteiger charge is -2.07. The van der Waals surface area contributed by atoms with E-state index in [9.17, 15) is 19.2 Å². The van der Waals surface area contributed by atoms with Crippen molar-refractivity contribution in [3.63, 3.8) is 0 Å². The highest BCUT2D eigenvalue weighted by Gasteiger charge is 2.28. The third-order valence-corrected chi connectivity index (χ3v) is 2.62. The van der Waals surface area contributed by atoms with Gasteiger partial charge in [-0.3, -0.25) is 4.79 Å². The number of nitrogens with two attached hydrogens (primary N) is 1. The van der Waals surface area contributed by atoms with Crippen LogP contribution in [0.5, 0.6) is 0 Å². The SMILES string of the molecule is NC1CC(=O)On2c(=O)n(c(=O)c3[nH]cnc32)OC1=O. The largest absolute Gasteiger partial charge is 0.400 e. The first-order valence-corrected chi connectivity index (χ1v) is 5.39. The molecule has 1 aliphatic heterocycles. The number of hydrogen-bond acceptors (Lipinski definition) is 8. The van der Waals surface area contributed by atoms with E-state index in [1.807, 2.05) is 0 Å². The summed E-state index contributed by atoms with van der Waals surface area (Å²) in [6.45, 7) is 0. The number of nitrogens with zero attached hydrogens (tertiary/aromatic N) is 3. The number of fused-ring (bicyclic) bond motifs is 4. The molecule has 0 aliphatic carbocycles. The Hall–Kier alpha value is -2.95. The van der Waals surface area contributed by atoms with Crippen LogP contribution in [0.4, 0.5) is 0 Å². The van der Waals surface area contributed by atoms with E-state index in [0.29, 0.717) is 4.73 Å². The Labute approximate surface area is 108 Å². The Balaban J connectivity index is 2.38. The molecule has 2 bridgehead atoms. The van der Waals surface area contributed by atoms with Crippen LogP contribution in [-0.4, -0.2) is 37.4 Å². The van der Waals surface area contributed by atoms with Crippen molar-refractivity contribution in [1.29, 1.82) is 0 Å². The van der Waals surface area contributed by atoms with E-state index in [1.54, 1.807) is 0 Å². The maximum absolute atomic E-state index is 12.0. The molecule has 0 aromatic carbocycles. The van der Waals surface area contributed by atoms with Crippen molar-refractivity contribution >= 4 is 23.1 Å². The first kappa shape index (κ1) is 12.1. The molecular formula is C9H7N5O6. The maximum atomic E-state index is 12.0. The predicted molar refractivity (Wildman–Crippen MR) is 60.4 cm³/mol. The number of H-pyrrole nitrogens is 1. The fourth-order valence-electron chi connectivity index (χ4n) is 1.68. The van der Waals surface area contributed by atoms with E-state index < -0.39 is 35.7 Å². The third-order valence-electron chi connectivity index (χ3n) is 2.62. The predicted octanol–water partition coefficient (Wildman–Crippen LogP) is -3.47. The summed E-state index contributed by atoms with van der Waals surface area (Å²) in [7, 11) is 0. The van der Waals surface area contributed by atoms with Crippen molar-refractivity contribution in [3.05, 3.63) is 27.2 Å². The molecule has 0 saturated carbocycles. The van der Waals surface area contributed by atoms with Crippen molar-refractivity contribution in [2.24, 2.45) is 5.73 Å². The van der Waals surface area contributed by atoms with Gasteiger partial charge in [0.05, 0.1) is 12.7 Å². The van der Waals surface area contributed by atoms with E-state index in [0.717, 1.165) is 6.33 Å². The minimum Gasteiger partial charge on any atom is -0.339 e. The molecule has 2 aromatic heterocycles. The summed E-state index contributed by atoms with van der Waals surface area (Å²) < 4.78 is 0.613. The van der Waals surface area contributed by atoms with Gasteiger partial charge in [0.2, 0.25) is 5.65 Å². The summed E-state index contributed by atoms with van der Waals surface area (Å²) in [4.78, 5) is 62.6. The number of carbonyl (C=O) groups is 2. The second kappa shape index (κ2) is 4.03. The number of aromatic amines is 1. The first-order valence-electron chi connectivity index (χ1n) is 5.39. The fourth-order valence-corrected chi connectivity index (χ4v) is 1.68. The molecule has 1 atom stereocenters. The van der Waals surface area contributed by atoms with Gasteiger partial charge >= 0.3 is 23.2 Å². The van der Waals surface area contributed by atoms with Gasteiger partial charge in [0.1, 0.15) is 6.04 Å². The Morgan fingerprint density at radius 3 is 2.75 bits per heavy atom. The van der Waals surface area contributed by atoms with E-state index in [1.165, 1.54) is 0 Å². The van der Waals surface area contributed by atoms with Gasteiger partial charge < -0.3 is 20.4 Å². The first-order chi connectivity index (χ1) is 9.49. The summed E-state index contributed by atoms with van der Waals surface area (Å²) in [5.74, 6) is -2.04. The van der Waals surface area contributed by atoms with E-state index >= 15 is 0 Å². The number of rotatable bonds is 0. The van der Waals surface area contributed by atoms with Gasteiger partial charge in [-0.25, -0.2) is 19.4 Å². The number of aromatic nitrogens is 4. The minimum absolute atomic E-state index is 0.154. The van der Waals surface area contributed by atoms with Gasteiger partial charge in [0, 0.05) is 0 Å². The second-order valence-corrected chi connectivity index (χ2v) is 3.96. The smallest absolute Gasteiger partial charge is 0.339 e. The Kier molecular flexibility index (Phi) is 2.44. The molecule has 3 rings (SSSR count). The standard InChI is InChI=1S/C9H7N5O6/c10-3-1-4(15)19-13-6-5(11-2-12-6)7(16)14(9(13)18)20-8(3)17/h2-3H,1,10H2,(H,11,12). The van der Waals surface area contributed by atoms with Gasteiger partial charge in [-0.05, 0) is 0 Å². The summed E-state index contributed by atoms with van der Waals surface area (Å²) >= 11 is 0. The lowest BCUT2D eigenvalue weighted by atomic mass is 10.2. The normalized spacial score (nSPS) is 18.9. The van der Waals surface area contributed by atoms with Crippen LogP contribution in [0.2, 0.25) is 0 Å². The number of nitrogens with one attached hydrogen (secondary N) is 1. The molecule has 3 heterocycles. The van der Waals surface area contributed by atoms with E-state index in [-0.39, 0.29) is 15.9 Å². The molecule has 0 spiro atoms. The minimum atomic E-state index is -1.35. The molecule has 0 radical (unpaired) electrons. The van der Waals surface area contributed by atoms with Crippen LogP contribution < -0.4 is 26.7 Å². The van der Waals surface area contributed by atoms with Gasteiger partial charge in [-0.15, -0.1) is 0 Å². The quantitative estimate of drug-likeness (QED) is 0.505. The van der Waals surface area contributed by atoms with Crippen LogP contribution in [0, 0.1) is 0 Å². The summed E-state index contributed by atoms with van der Waals surface area (Å²) in [5.41, 5.74) is 2.91. The third kappa shape index (κ3) is 1.60. The number of carbonyl (C=O) groups excluding carboxylic acids is 2. The topological polar surface area (TPSA) is 151 Å². The average Bonchev–Trinajstić information content (AvgIpc) is 2.88. The summed E-state index contributed by atoms with van der Waals surface area (Å²) in [6, 6.07) is -1.35. The summed E-state index contributed by atoms with van der Waals surface area (Å²) in [5, 5.41) is 0. The highest BCUT2D eigenvalue weighted by molar-refractivity contribution is 5.83. The molecule has 20 heavy (non-hydrogen) atoms. The highest BCUT2D eigenvalue weighted by atomic mass is 16.7. The van der Waals surface area contributed by atoms with Crippen LogP contribution in [0.25, 0.3) is 11.2 Å². The molecule has 3 N–H and O–H groups in total. The van der Waals surface area contributed by atoms with Crippen molar-refractivity contribution < 1.29 is 19.3 Å². The van der Waals surface area contributed by atoms with Crippen LogP contribution in [0.1, 0.15) is 6.42 Å². The maximum Gasteiger partial charge on any atom is 0.400 e. The van der Waals surface area contributed by atoms with Crippen molar-refractivity contribution in [1.82, 2.24) is 19.4 Å². The Morgan fingerprint density at radius 2 is 2.00 bits per heavy atom. The molecule has 11 heteroatoms. The number of hydrogen-bond donors (Lipinski definition) is 2. The van der Waals surface area contributed by atoms with Crippen LogP contribution >= 0.6 is 0 Å². The lowest BCUT2D eigenvalue weighted by Crippen LogP contribution is -2.48. The van der Waals surface area contributed by atoms with Gasteiger partial charge in [-0.2, -0.15) is 0 Å². The average molecular weight is 281 g/mol. The van der Waals surface area contributed by atoms with Gasteiger partial charge in [-0.1, -0.05) is 9.46 Å². The number of imidazole rings is 1. The van der Waals surface area contributed by atoms with Crippen LogP contribution in [-0.2, 0) is 9.59 Å². The van der Waals surface area contributed by atoms with Crippen LogP contribution in [0.3, 0.4) is 0 Å². The zero-order valence-corrected chi connectivity index (χ0v) is 9.73. The Bertz CT molecular complexity index is 845. The molecular weight excluding hydrogens is 274 g/mol. The zero-order chi connectivity index (χ0) is 14.4. The molecule has 0 fully saturated rings. The Morgan fingerprint density at radius 1 is 1.25 bits per heavy atom. The van der Waals surface area contributed by atoms with Crippen LogP contribution in [0.15, 0.2) is 15.9 Å². The molecule has 11 nitrogen and oxygen atoms in total. The monoisotopic (exact) mass is 281 g/mol. The molecule has 104 valence electrons. The van der Waals surface area contributed by atoms with Gasteiger partial charge in [0.15, 0.2) is 5.52 Å². The van der Waals surface area contributed by atoms with Gasteiger partial charge in [0.25, 0.3) is 0 Å². The fraction of sp³-hybridized carbons (Fsp3) is 0.222. The highest BCUT2D eigenvalue weighted by Crippen LogP contribution is 2.02. The van der Waals surface area contributed by atoms with E-state index in [4.69, 9.17) is 10.6 Å². The zero-order valence-electron chi connectivity index (χ0n) is 9.73. The molecule has 0 saturated heterocycles. The molecule has 1 aliphatic rings. The summed E-state index contributed by atoms with van der Waals surface area (Å²) in [6.07, 6.45) is 0.615. The van der Waals surface area contributed by atoms with Crippen molar-refractivity contribution in [3.8, 4) is 0 Å². The molecule has 2 aromatic rings. The molecule has 1 unspecified atom stereocenters. The molecule has 0 amide bonds.